The van der Waals surface area contributed by atoms with Crippen molar-refractivity contribution in [2.24, 2.45) is 5.92 Å². The third kappa shape index (κ3) is 4.71. The molecule has 2 rings (SSSR count). The Morgan fingerprint density at radius 1 is 1.33 bits per heavy atom. The van der Waals surface area contributed by atoms with Gasteiger partial charge in [-0.15, -0.1) is 0 Å². The second kappa shape index (κ2) is 7.93. The van der Waals surface area contributed by atoms with E-state index in [4.69, 9.17) is 4.74 Å². The molecule has 0 radical (unpaired) electrons. The van der Waals surface area contributed by atoms with Crippen molar-refractivity contribution in [1.29, 1.82) is 0 Å². The van der Waals surface area contributed by atoms with E-state index in [1.54, 1.807) is 7.11 Å². The maximum absolute atomic E-state index is 5.17. The molecular weight excluding hydrogens is 224 g/mol. The lowest BCUT2D eigenvalue weighted by atomic mass is 9.94. The molecule has 0 unspecified atom stereocenters. The predicted octanol–water partition coefficient (Wildman–Crippen LogP) is 2.04. The maximum Gasteiger partial charge on any atom is 0.0589 e. The Labute approximate surface area is 112 Å². The van der Waals surface area contributed by atoms with E-state index in [2.05, 4.69) is 22.4 Å². The predicted molar refractivity (Wildman–Crippen MR) is 75.8 cm³/mol. The first-order chi connectivity index (χ1) is 8.88. The highest BCUT2D eigenvalue weighted by Crippen LogP contribution is 2.18. The quantitative estimate of drug-likeness (QED) is 0.732. The van der Waals surface area contributed by atoms with Crippen molar-refractivity contribution in [3.63, 3.8) is 0 Å². The highest BCUT2D eigenvalue weighted by molar-refractivity contribution is 4.91. The number of nitrogens with one attached hydrogen (secondary N) is 1. The van der Waals surface area contributed by atoms with Crippen LogP contribution in [0, 0.1) is 5.92 Å². The zero-order chi connectivity index (χ0) is 12.6. The fourth-order valence-electron chi connectivity index (χ4n) is 3.02. The van der Waals surface area contributed by atoms with Gasteiger partial charge in [-0.1, -0.05) is 12.2 Å². The Balaban J connectivity index is 1.64. The summed E-state index contributed by atoms with van der Waals surface area (Å²) in [5, 5.41) is 3.78. The van der Waals surface area contributed by atoms with Crippen LogP contribution in [0.4, 0.5) is 0 Å². The van der Waals surface area contributed by atoms with Gasteiger partial charge < -0.3 is 10.1 Å². The second-order valence-electron chi connectivity index (χ2n) is 5.69. The van der Waals surface area contributed by atoms with Gasteiger partial charge in [0.1, 0.15) is 0 Å². The first-order valence-corrected chi connectivity index (χ1v) is 7.48. The molecule has 0 aromatic rings. The van der Waals surface area contributed by atoms with Gasteiger partial charge in [-0.3, -0.25) is 4.90 Å². The number of hydrogen-bond acceptors (Lipinski definition) is 3. The van der Waals surface area contributed by atoms with Crippen LogP contribution >= 0.6 is 0 Å². The van der Waals surface area contributed by atoms with Gasteiger partial charge in [0.05, 0.1) is 6.61 Å². The van der Waals surface area contributed by atoms with Crippen LogP contribution in [0.3, 0.4) is 0 Å². The van der Waals surface area contributed by atoms with Crippen LogP contribution in [0.2, 0.25) is 0 Å². The number of hydrogen-bond donors (Lipinski definition) is 1. The summed E-state index contributed by atoms with van der Waals surface area (Å²) in [5.41, 5.74) is 0. The first kappa shape index (κ1) is 14.0. The van der Waals surface area contributed by atoms with Gasteiger partial charge in [-0.05, 0) is 51.1 Å². The minimum atomic E-state index is 0.696. The summed E-state index contributed by atoms with van der Waals surface area (Å²) in [6, 6.07) is 0.696. The highest BCUT2D eigenvalue weighted by Gasteiger charge is 2.20. The molecule has 104 valence electrons. The molecule has 3 nitrogen and oxygen atoms in total. The zero-order valence-electron chi connectivity index (χ0n) is 11.7. The third-order valence-electron chi connectivity index (χ3n) is 4.19. The SMILES string of the molecule is COCCN1CCC[C@@H](NC[C@@H]2CC=CCC2)C1. The topological polar surface area (TPSA) is 24.5 Å². The van der Waals surface area contributed by atoms with Gasteiger partial charge in [-0.2, -0.15) is 0 Å². The number of methoxy groups -OCH3 is 1. The van der Waals surface area contributed by atoms with Crippen molar-refractivity contribution in [1.82, 2.24) is 10.2 Å². The molecule has 0 amide bonds. The van der Waals surface area contributed by atoms with E-state index in [9.17, 15) is 0 Å². The second-order valence-corrected chi connectivity index (χ2v) is 5.69. The Morgan fingerprint density at radius 3 is 3.06 bits per heavy atom. The lowest BCUT2D eigenvalue weighted by molar-refractivity contribution is 0.121. The summed E-state index contributed by atoms with van der Waals surface area (Å²) in [6.07, 6.45) is 11.2. The molecule has 3 heteroatoms. The fraction of sp³-hybridized carbons (Fsp3) is 0.867. The molecule has 18 heavy (non-hydrogen) atoms. The molecule has 1 heterocycles. The molecule has 2 atom stereocenters. The van der Waals surface area contributed by atoms with Gasteiger partial charge in [0.2, 0.25) is 0 Å². The summed E-state index contributed by atoms with van der Waals surface area (Å²) in [5.74, 6) is 0.865. The largest absolute Gasteiger partial charge is 0.383 e. The fourth-order valence-corrected chi connectivity index (χ4v) is 3.02. The molecule has 1 fully saturated rings. The molecule has 1 saturated heterocycles. The Kier molecular flexibility index (Phi) is 6.18. The van der Waals surface area contributed by atoms with E-state index in [-0.39, 0.29) is 0 Å². The minimum absolute atomic E-state index is 0.696. The number of ether oxygens (including phenoxy) is 1. The van der Waals surface area contributed by atoms with E-state index < -0.39 is 0 Å². The summed E-state index contributed by atoms with van der Waals surface area (Å²) >= 11 is 0. The molecule has 1 N–H and O–H groups in total. The van der Waals surface area contributed by atoms with Crippen LogP contribution in [0.5, 0.6) is 0 Å². The standard InChI is InChI=1S/C15H28N2O/c1-18-11-10-17-9-5-8-15(13-17)16-12-14-6-3-2-4-7-14/h2-3,14-16H,4-13H2,1H3/t14-,15-/m1/s1. The summed E-state index contributed by atoms with van der Waals surface area (Å²) in [4.78, 5) is 2.53. The van der Waals surface area contributed by atoms with E-state index in [0.717, 1.165) is 19.1 Å². The van der Waals surface area contributed by atoms with Crippen LogP contribution in [-0.2, 0) is 4.74 Å². The Bertz CT molecular complexity index is 255. The van der Waals surface area contributed by atoms with Crippen LogP contribution < -0.4 is 5.32 Å². The lowest BCUT2D eigenvalue weighted by Crippen LogP contribution is -2.47. The Morgan fingerprint density at radius 2 is 2.28 bits per heavy atom. The molecule has 0 saturated carbocycles. The van der Waals surface area contributed by atoms with Crippen molar-refractivity contribution >= 4 is 0 Å². The van der Waals surface area contributed by atoms with Gasteiger partial charge in [-0.25, -0.2) is 0 Å². The van der Waals surface area contributed by atoms with Crippen LogP contribution in [-0.4, -0.2) is 50.8 Å². The van der Waals surface area contributed by atoms with E-state index in [1.165, 1.54) is 51.7 Å². The average molecular weight is 252 g/mol. The van der Waals surface area contributed by atoms with Crippen molar-refractivity contribution in [3.05, 3.63) is 12.2 Å². The first-order valence-electron chi connectivity index (χ1n) is 7.48. The maximum atomic E-state index is 5.17. The molecule has 1 aliphatic carbocycles. The molecule has 2 aliphatic rings. The van der Waals surface area contributed by atoms with E-state index >= 15 is 0 Å². The number of piperidine rings is 1. The zero-order valence-corrected chi connectivity index (χ0v) is 11.7. The van der Waals surface area contributed by atoms with Crippen LogP contribution in [0.1, 0.15) is 32.1 Å². The number of nitrogens with zero attached hydrogens (tertiary/aromatic N) is 1. The molecule has 0 aromatic heterocycles. The number of allylic oxidation sites excluding steroid dienone is 2. The molecule has 0 bridgehead atoms. The molecule has 0 spiro atoms. The van der Waals surface area contributed by atoms with E-state index in [0.29, 0.717) is 6.04 Å². The molecule has 1 aliphatic heterocycles. The van der Waals surface area contributed by atoms with Crippen LogP contribution in [0.25, 0.3) is 0 Å². The monoisotopic (exact) mass is 252 g/mol. The number of likely N-dealkylation sites (tertiary alicyclic amines) is 1. The third-order valence-corrected chi connectivity index (χ3v) is 4.19. The summed E-state index contributed by atoms with van der Waals surface area (Å²) < 4.78 is 5.17. The lowest BCUT2D eigenvalue weighted by Gasteiger charge is -2.34. The molecule has 0 aromatic carbocycles. The minimum Gasteiger partial charge on any atom is -0.383 e. The Hall–Kier alpha value is -0.380. The van der Waals surface area contributed by atoms with Crippen molar-refractivity contribution in [3.8, 4) is 0 Å². The average Bonchev–Trinajstić information content (AvgIpc) is 2.44. The summed E-state index contributed by atoms with van der Waals surface area (Å²) in [7, 11) is 1.79. The van der Waals surface area contributed by atoms with Crippen LogP contribution in [0.15, 0.2) is 12.2 Å². The van der Waals surface area contributed by atoms with Gasteiger partial charge in [0.15, 0.2) is 0 Å². The summed E-state index contributed by atoms with van der Waals surface area (Å²) in [6.45, 7) is 5.59. The smallest absolute Gasteiger partial charge is 0.0589 e. The highest BCUT2D eigenvalue weighted by atomic mass is 16.5. The van der Waals surface area contributed by atoms with Gasteiger partial charge >= 0.3 is 0 Å². The van der Waals surface area contributed by atoms with Gasteiger partial charge in [0.25, 0.3) is 0 Å². The normalized spacial score (nSPS) is 29.6. The van der Waals surface area contributed by atoms with Crippen molar-refractivity contribution in [2.45, 2.75) is 38.1 Å². The van der Waals surface area contributed by atoms with Gasteiger partial charge in [0, 0.05) is 26.2 Å². The number of rotatable bonds is 6. The molecular formula is C15H28N2O. The van der Waals surface area contributed by atoms with E-state index in [1.807, 2.05) is 0 Å². The van der Waals surface area contributed by atoms with Crippen molar-refractivity contribution < 1.29 is 4.74 Å². The van der Waals surface area contributed by atoms with Crippen molar-refractivity contribution in [2.75, 3.05) is 39.9 Å².